The molecule has 0 atom stereocenters. The van der Waals surface area contributed by atoms with Crippen molar-refractivity contribution in [1.29, 1.82) is 0 Å². The smallest absolute Gasteiger partial charge is 0.221 e. The van der Waals surface area contributed by atoms with E-state index in [1.54, 1.807) is 0 Å². The molecule has 0 saturated heterocycles. The molecule has 2 N–H and O–H groups in total. The topological polar surface area (TPSA) is 44.9 Å². The quantitative estimate of drug-likeness (QED) is 0.505. The molecule has 1 amide bonds. The van der Waals surface area contributed by atoms with E-state index in [9.17, 15) is 4.79 Å². The van der Waals surface area contributed by atoms with Gasteiger partial charge in [-0.25, -0.2) is 0 Å². The number of carbonyl (C=O) groups excluding carboxylic acids is 1. The molecule has 3 nitrogen and oxygen atoms in total. The molecule has 132 valence electrons. The zero-order chi connectivity index (χ0) is 18.2. The number of aromatic amines is 1. The minimum atomic E-state index is -0.0471. The predicted molar refractivity (Wildman–Crippen MR) is 111 cm³/mol. The van der Waals surface area contributed by atoms with Crippen molar-refractivity contribution in [2.75, 3.05) is 5.32 Å². The molecule has 1 aromatic heterocycles. The standard InChI is InChI=1S/C23H24N2O/c1-18(26)25-22-13-10-19(11-14-22)7-5-3-2-4-6-8-20-9-12-21-15-16-24-23(21)17-20/h5-17,24H,2-4H2,1H3,(H,25,26)/b7-5+,8-6+. The third-order valence-electron chi connectivity index (χ3n) is 4.17. The summed E-state index contributed by atoms with van der Waals surface area (Å²) in [6.07, 6.45) is 14.0. The SMILES string of the molecule is CC(=O)Nc1ccc(/C=C/CCC/C=C/c2ccc3cc[nH]c3c2)cc1. The van der Waals surface area contributed by atoms with Gasteiger partial charge in [-0.3, -0.25) is 4.79 Å². The van der Waals surface area contributed by atoms with Gasteiger partial charge in [-0.15, -0.1) is 0 Å². The van der Waals surface area contributed by atoms with Crippen LogP contribution in [0.3, 0.4) is 0 Å². The van der Waals surface area contributed by atoms with Crippen LogP contribution in [-0.2, 0) is 4.79 Å². The summed E-state index contributed by atoms with van der Waals surface area (Å²) in [4.78, 5) is 14.2. The number of fused-ring (bicyclic) bond motifs is 1. The second-order valence-electron chi connectivity index (χ2n) is 6.36. The highest BCUT2D eigenvalue weighted by atomic mass is 16.1. The van der Waals surface area contributed by atoms with Crippen LogP contribution in [0.2, 0.25) is 0 Å². The third-order valence-corrected chi connectivity index (χ3v) is 4.17. The van der Waals surface area contributed by atoms with Crippen LogP contribution in [0.15, 0.2) is 66.9 Å². The largest absolute Gasteiger partial charge is 0.361 e. The normalized spacial score (nSPS) is 11.6. The maximum Gasteiger partial charge on any atom is 0.221 e. The molecule has 0 spiro atoms. The molecular weight excluding hydrogens is 320 g/mol. The summed E-state index contributed by atoms with van der Waals surface area (Å²) < 4.78 is 0. The van der Waals surface area contributed by atoms with Gasteiger partial charge >= 0.3 is 0 Å². The highest BCUT2D eigenvalue weighted by molar-refractivity contribution is 5.88. The number of hydrogen-bond donors (Lipinski definition) is 2. The van der Waals surface area contributed by atoms with Gasteiger partial charge in [0.2, 0.25) is 5.91 Å². The Bertz CT molecular complexity index is 917. The summed E-state index contributed by atoms with van der Waals surface area (Å²) >= 11 is 0. The van der Waals surface area contributed by atoms with E-state index >= 15 is 0 Å². The Morgan fingerprint density at radius 2 is 1.65 bits per heavy atom. The van der Waals surface area contributed by atoms with Gasteiger partial charge in [0.1, 0.15) is 0 Å². The molecule has 0 aliphatic heterocycles. The number of aromatic nitrogens is 1. The fourth-order valence-corrected chi connectivity index (χ4v) is 2.84. The van der Waals surface area contributed by atoms with E-state index in [1.807, 2.05) is 30.5 Å². The van der Waals surface area contributed by atoms with Crippen LogP contribution in [0.1, 0.15) is 37.3 Å². The van der Waals surface area contributed by atoms with Crippen molar-refractivity contribution in [3.05, 3.63) is 78.0 Å². The lowest BCUT2D eigenvalue weighted by atomic mass is 10.1. The Hall–Kier alpha value is -3.07. The van der Waals surface area contributed by atoms with Gasteiger partial charge in [0.05, 0.1) is 0 Å². The zero-order valence-electron chi connectivity index (χ0n) is 15.0. The maximum atomic E-state index is 11.0. The molecule has 3 aromatic rings. The molecule has 0 aliphatic carbocycles. The van der Waals surface area contributed by atoms with Gasteiger partial charge in [-0.1, -0.05) is 48.6 Å². The second-order valence-corrected chi connectivity index (χ2v) is 6.36. The molecule has 26 heavy (non-hydrogen) atoms. The van der Waals surface area contributed by atoms with Gasteiger partial charge in [0.25, 0.3) is 0 Å². The summed E-state index contributed by atoms with van der Waals surface area (Å²) in [7, 11) is 0. The minimum absolute atomic E-state index is 0.0471. The first-order valence-corrected chi connectivity index (χ1v) is 8.98. The van der Waals surface area contributed by atoms with E-state index in [0.717, 1.165) is 30.5 Å². The lowest BCUT2D eigenvalue weighted by Crippen LogP contribution is -2.05. The van der Waals surface area contributed by atoms with Crippen LogP contribution in [0.25, 0.3) is 23.1 Å². The lowest BCUT2D eigenvalue weighted by molar-refractivity contribution is -0.114. The minimum Gasteiger partial charge on any atom is -0.361 e. The fraction of sp³-hybridized carbons (Fsp3) is 0.174. The van der Waals surface area contributed by atoms with Crippen LogP contribution in [0, 0.1) is 0 Å². The first kappa shape index (κ1) is 17.7. The predicted octanol–water partition coefficient (Wildman–Crippen LogP) is 6.02. The number of carbonyl (C=O) groups is 1. The Kier molecular flexibility index (Phi) is 6.05. The number of benzene rings is 2. The van der Waals surface area contributed by atoms with Crippen LogP contribution < -0.4 is 5.32 Å². The first-order chi connectivity index (χ1) is 12.7. The van der Waals surface area contributed by atoms with Gasteiger partial charge < -0.3 is 10.3 Å². The Morgan fingerprint density at radius 1 is 0.962 bits per heavy atom. The van der Waals surface area contributed by atoms with Gasteiger partial charge in [0.15, 0.2) is 0 Å². The number of nitrogens with one attached hydrogen (secondary N) is 2. The number of anilines is 1. The molecule has 0 radical (unpaired) electrons. The highest BCUT2D eigenvalue weighted by Crippen LogP contribution is 2.16. The van der Waals surface area contributed by atoms with Crippen LogP contribution in [0.5, 0.6) is 0 Å². The average molecular weight is 344 g/mol. The fourth-order valence-electron chi connectivity index (χ4n) is 2.84. The molecule has 0 unspecified atom stereocenters. The Labute approximate surface area is 154 Å². The third kappa shape index (κ3) is 5.21. The summed E-state index contributed by atoms with van der Waals surface area (Å²) in [5.74, 6) is -0.0471. The van der Waals surface area contributed by atoms with Crippen LogP contribution >= 0.6 is 0 Å². The summed E-state index contributed by atoms with van der Waals surface area (Å²) in [6, 6.07) is 16.4. The molecule has 0 saturated carbocycles. The Balaban J connectivity index is 1.40. The van der Waals surface area contributed by atoms with E-state index < -0.39 is 0 Å². The molecular formula is C23H24N2O. The second kappa shape index (κ2) is 8.86. The average Bonchev–Trinajstić information content (AvgIpc) is 3.09. The maximum absolute atomic E-state index is 11.0. The van der Waals surface area contributed by atoms with Crippen molar-refractivity contribution < 1.29 is 4.79 Å². The number of H-pyrrole nitrogens is 1. The van der Waals surface area contributed by atoms with Crippen molar-refractivity contribution in [3.63, 3.8) is 0 Å². The van der Waals surface area contributed by atoms with Crippen molar-refractivity contribution in [1.82, 2.24) is 4.98 Å². The lowest BCUT2D eigenvalue weighted by Gasteiger charge is -2.01. The number of allylic oxidation sites excluding steroid dienone is 2. The molecule has 1 heterocycles. The highest BCUT2D eigenvalue weighted by Gasteiger charge is 1.95. The number of amides is 1. The summed E-state index contributed by atoms with van der Waals surface area (Å²) in [5.41, 5.74) is 4.39. The van der Waals surface area contributed by atoms with Crippen LogP contribution in [0.4, 0.5) is 5.69 Å². The van der Waals surface area contributed by atoms with Gasteiger partial charge in [-0.2, -0.15) is 0 Å². The molecule has 0 fully saturated rings. The van der Waals surface area contributed by atoms with Crippen LogP contribution in [-0.4, -0.2) is 10.9 Å². The van der Waals surface area contributed by atoms with E-state index in [0.29, 0.717) is 0 Å². The molecule has 0 aliphatic rings. The molecule has 0 bridgehead atoms. The molecule has 3 rings (SSSR count). The van der Waals surface area contributed by atoms with E-state index in [-0.39, 0.29) is 5.91 Å². The van der Waals surface area contributed by atoms with Gasteiger partial charge in [-0.05, 0) is 60.0 Å². The van der Waals surface area contributed by atoms with Crippen molar-refractivity contribution in [2.45, 2.75) is 26.2 Å². The first-order valence-electron chi connectivity index (χ1n) is 8.98. The van der Waals surface area contributed by atoms with E-state index in [1.165, 1.54) is 23.4 Å². The van der Waals surface area contributed by atoms with E-state index in [4.69, 9.17) is 0 Å². The number of rotatable bonds is 7. The summed E-state index contributed by atoms with van der Waals surface area (Å²) in [6.45, 7) is 1.51. The molecule has 3 heteroatoms. The number of hydrogen-bond acceptors (Lipinski definition) is 1. The monoisotopic (exact) mass is 344 g/mol. The Morgan fingerprint density at radius 3 is 2.38 bits per heavy atom. The van der Waals surface area contributed by atoms with Gasteiger partial charge in [0, 0.05) is 24.3 Å². The van der Waals surface area contributed by atoms with Crippen molar-refractivity contribution >= 4 is 34.6 Å². The number of unbranched alkanes of at least 4 members (excludes halogenated alkanes) is 2. The van der Waals surface area contributed by atoms with Crippen molar-refractivity contribution in [3.8, 4) is 0 Å². The zero-order valence-corrected chi connectivity index (χ0v) is 15.0. The summed E-state index contributed by atoms with van der Waals surface area (Å²) in [5, 5.41) is 4.02. The van der Waals surface area contributed by atoms with E-state index in [2.05, 4.69) is 58.9 Å². The molecule has 2 aromatic carbocycles. The van der Waals surface area contributed by atoms with Crippen molar-refractivity contribution in [2.24, 2.45) is 0 Å².